The Balaban J connectivity index is 0.000000346. The second-order valence-electron chi connectivity index (χ2n) is 5.57. The number of rotatable bonds is 5. The van der Waals surface area contributed by atoms with Crippen LogP contribution in [0, 0.1) is 6.92 Å². The molecule has 22 heavy (non-hydrogen) atoms. The Hall–Kier alpha value is -1.04. The molecule has 1 amide bonds. The van der Waals surface area contributed by atoms with Crippen molar-refractivity contribution in [2.45, 2.75) is 43.3 Å². The summed E-state index contributed by atoms with van der Waals surface area (Å²) in [6.45, 7) is 7.39. The molecule has 0 bridgehead atoms. The predicted octanol–water partition coefficient (Wildman–Crippen LogP) is 3.88. The van der Waals surface area contributed by atoms with Crippen molar-refractivity contribution in [1.29, 1.82) is 0 Å². The lowest BCUT2D eigenvalue weighted by atomic mass is 10.1. The van der Waals surface area contributed by atoms with Crippen LogP contribution in [-0.2, 0) is 14.3 Å². The van der Waals surface area contributed by atoms with E-state index >= 15 is 0 Å². The topological polar surface area (TPSA) is 47.6 Å². The molecular weight excluding hydrogens is 298 g/mol. The van der Waals surface area contributed by atoms with Gasteiger partial charge in [0, 0.05) is 25.7 Å². The number of fused-ring (bicyclic) bond motifs is 1. The van der Waals surface area contributed by atoms with Crippen molar-refractivity contribution >= 4 is 23.4 Å². The molecule has 1 atom stereocenters. The normalized spacial score (nSPS) is 19.8. The fraction of sp³-hybridized carbons (Fsp3) is 0.588. The highest BCUT2D eigenvalue weighted by molar-refractivity contribution is 8.01. The summed E-state index contributed by atoms with van der Waals surface area (Å²) in [7, 11) is 3.35. The molecule has 0 saturated carbocycles. The van der Waals surface area contributed by atoms with Crippen molar-refractivity contribution in [2.75, 3.05) is 32.8 Å². The van der Waals surface area contributed by atoms with Gasteiger partial charge in [-0.1, -0.05) is 19.4 Å². The lowest BCUT2D eigenvalue weighted by Gasteiger charge is -2.32. The van der Waals surface area contributed by atoms with Crippen LogP contribution in [0.1, 0.15) is 32.3 Å². The lowest BCUT2D eigenvalue weighted by Crippen LogP contribution is -2.43. The van der Waals surface area contributed by atoms with Crippen molar-refractivity contribution in [3.05, 3.63) is 23.8 Å². The molecule has 0 aliphatic carbocycles. The Morgan fingerprint density at radius 2 is 2.00 bits per heavy atom. The fourth-order valence-electron chi connectivity index (χ4n) is 2.03. The molecule has 1 unspecified atom stereocenters. The average Bonchev–Trinajstić information content (AvgIpc) is 2.48. The second-order valence-corrected chi connectivity index (χ2v) is 7.11. The predicted molar refractivity (Wildman–Crippen MR) is 92.7 cm³/mol. The largest absolute Gasteiger partial charge is 0.385 e. The number of carbonyl (C=O) groups excluding carboxylic acids is 1. The van der Waals surface area contributed by atoms with E-state index in [0.29, 0.717) is 6.61 Å². The molecule has 124 valence electrons. The van der Waals surface area contributed by atoms with Crippen LogP contribution in [0.3, 0.4) is 0 Å². The third-order valence-corrected chi connectivity index (χ3v) is 4.65. The van der Waals surface area contributed by atoms with Crippen molar-refractivity contribution in [1.82, 2.24) is 0 Å². The van der Waals surface area contributed by atoms with Gasteiger partial charge in [0.15, 0.2) is 0 Å². The number of thioether (sulfide) groups is 1. The van der Waals surface area contributed by atoms with Crippen molar-refractivity contribution in [3.8, 4) is 0 Å². The minimum Gasteiger partial charge on any atom is -0.385 e. The first-order chi connectivity index (χ1) is 10.5. The van der Waals surface area contributed by atoms with Gasteiger partial charge in [-0.3, -0.25) is 4.79 Å². The van der Waals surface area contributed by atoms with Gasteiger partial charge >= 0.3 is 0 Å². The van der Waals surface area contributed by atoms with E-state index in [1.165, 1.54) is 12.8 Å². The first kappa shape index (κ1) is 19.0. The van der Waals surface area contributed by atoms with E-state index in [2.05, 4.69) is 18.3 Å². The maximum Gasteiger partial charge on any atom is 0.243 e. The van der Waals surface area contributed by atoms with Crippen molar-refractivity contribution in [3.63, 3.8) is 0 Å². The number of amides is 1. The summed E-state index contributed by atoms with van der Waals surface area (Å²) in [5.74, 6) is 0.0115. The number of benzene rings is 1. The summed E-state index contributed by atoms with van der Waals surface area (Å²) in [4.78, 5) is 13.1. The van der Waals surface area contributed by atoms with E-state index in [4.69, 9.17) is 9.47 Å². The van der Waals surface area contributed by atoms with Gasteiger partial charge < -0.3 is 14.8 Å². The van der Waals surface area contributed by atoms with Crippen LogP contribution >= 0.6 is 11.8 Å². The molecule has 0 aromatic heterocycles. The van der Waals surface area contributed by atoms with Gasteiger partial charge in [-0.25, -0.2) is 0 Å². The molecule has 1 aromatic carbocycles. The van der Waals surface area contributed by atoms with Crippen LogP contribution in [0.15, 0.2) is 23.1 Å². The minimum atomic E-state index is -0.531. The fourth-order valence-corrected chi connectivity index (χ4v) is 3.20. The molecule has 1 N–H and O–H groups in total. The van der Waals surface area contributed by atoms with Crippen LogP contribution in [0.5, 0.6) is 0 Å². The number of anilines is 1. The van der Waals surface area contributed by atoms with E-state index < -0.39 is 4.75 Å². The Labute approximate surface area is 138 Å². The number of methoxy groups -OCH3 is 2. The van der Waals surface area contributed by atoms with Gasteiger partial charge in [-0.15, -0.1) is 11.8 Å². The zero-order valence-corrected chi connectivity index (χ0v) is 15.0. The molecule has 1 heterocycles. The van der Waals surface area contributed by atoms with Gasteiger partial charge in [0.2, 0.25) is 5.91 Å². The highest BCUT2D eigenvalue weighted by Gasteiger charge is 2.39. The molecule has 1 aromatic rings. The third-order valence-electron chi connectivity index (χ3n) is 3.32. The molecular formula is C17H27NO3S. The lowest BCUT2D eigenvalue weighted by molar-refractivity contribution is -0.119. The van der Waals surface area contributed by atoms with Crippen LogP contribution in [0.25, 0.3) is 0 Å². The van der Waals surface area contributed by atoms with Gasteiger partial charge in [-0.05, 0) is 38.0 Å². The van der Waals surface area contributed by atoms with E-state index in [1.54, 1.807) is 26.0 Å². The smallest absolute Gasteiger partial charge is 0.243 e. The van der Waals surface area contributed by atoms with Crippen LogP contribution in [0.2, 0.25) is 0 Å². The van der Waals surface area contributed by atoms with Gasteiger partial charge in [0.05, 0.1) is 12.3 Å². The molecule has 0 spiro atoms. The highest BCUT2D eigenvalue weighted by Crippen LogP contribution is 2.42. The number of aryl methyl sites for hydroxylation is 1. The van der Waals surface area contributed by atoms with Crippen LogP contribution < -0.4 is 5.32 Å². The standard InChI is InChI=1S/C12H15NO2S.C5H12O/c1-8-4-5-10-9(6-8)13-11(14)12(2,16-10)7-15-3;1-3-4-5-6-2/h4-6H,7H2,1-3H3,(H,13,14);3-5H2,1-2H3. The van der Waals surface area contributed by atoms with E-state index in [1.807, 2.05) is 26.0 Å². The maximum atomic E-state index is 12.0. The summed E-state index contributed by atoms with van der Waals surface area (Å²) in [5.41, 5.74) is 2.05. The molecule has 1 aliphatic heterocycles. The quantitative estimate of drug-likeness (QED) is 0.835. The molecule has 0 saturated heterocycles. The van der Waals surface area contributed by atoms with E-state index in [9.17, 15) is 4.79 Å². The summed E-state index contributed by atoms with van der Waals surface area (Å²) >= 11 is 1.56. The van der Waals surface area contributed by atoms with Crippen LogP contribution in [0.4, 0.5) is 5.69 Å². The Morgan fingerprint density at radius 3 is 2.55 bits per heavy atom. The van der Waals surface area contributed by atoms with E-state index in [-0.39, 0.29) is 5.91 Å². The third kappa shape index (κ3) is 5.30. The number of hydrogen-bond acceptors (Lipinski definition) is 4. The Morgan fingerprint density at radius 1 is 1.27 bits per heavy atom. The molecule has 2 rings (SSSR count). The zero-order valence-electron chi connectivity index (χ0n) is 14.2. The summed E-state index contributed by atoms with van der Waals surface area (Å²) in [6.07, 6.45) is 2.42. The number of unbranched alkanes of at least 4 members (excludes halogenated alkanes) is 1. The summed E-state index contributed by atoms with van der Waals surface area (Å²) in [5, 5.41) is 2.94. The Kier molecular flexibility index (Phi) is 7.93. The van der Waals surface area contributed by atoms with Gasteiger partial charge in [0.1, 0.15) is 4.75 Å². The first-order valence-corrected chi connectivity index (χ1v) is 8.37. The first-order valence-electron chi connectivity index (χ1n) is 7.55. The van der Waals surface area contributed by atoms with Gasteiger partial charge in [0.25, 0.3) is 0 Å². The summed E-state index contributed by atoms with van der Waals surface area (Å²) in [6, 6.07) is 6.09. The summed E-state index contributed by atoms with van der Waals surface area (Å²) < 4.78 is 9.36. The molecule has 0 radical (unpaired) electrons. The van der Waals surface area contributed by atoms with E-state index in [0.717, 1.165) is 22.8 Å². The monoisotopic (exact) mass is 325 g/mol. The number of carbonyl (C=O) groups is 1. The van der Waals surface area contributed by atoms with Gasteiger partial charge in [-0.2, -0.15) is 0 Å². The number of hydrogen-bond donors (Lipinski definition) is 1. The molecule has 5 heteroatoms. The molecule has 4 nitrogen and oxygen atoms in total. The molecule has 0 fully saturated rings. The second kappa shape index (κ2) is 9.18. The van der Waals surface area contributed by atoms with Crippen LogP contribution in [-0.4, -0.2) is 38.1 Å². The average molecular weight is 325 g/mol. The number of nitrogens with one attached hydrogen (secondary N) is 1. The minimum absolute atomic E-state index is 0.0115. The van der Waals surface area contributed by atoms with Crippen molar-refractivity contribution < 1.29 is 14.3 Å². The molecule has 1 aliphatic rings. The maximum absolute atomic E-state index is 12.0. The Bertz CT molecular complexity index is 489. The zero-order chi connectivity index (χ0) is 16.6. The van der Waals surface area contributed by atoms with Crippen molar-refractivity contribution in [2.24, 2.45) is 0 Å². The highest BCUT2D eigenvalue weighted by atomic mass is 32.2. The SMILES string of the molecule is CCCCOC.COCC1(C)Sc2ccc(C)cc2NC1=O. The number of ether oxygens (including phenoxy) is 2.